The Balaban J connectivity index is 1.56. The van der Waals surface area contributed by atoms with Crippen molar-refractivity contribution in [1.82, 2.24) is 19.9 Å². The van der Waals surface area contributed by atoms with E-state index in [0.29, 0.717) is 24.1 Å². The molecule has 4 N–H and O–H groups in total. The molecule has 0 aliphatic heterocycles. The Morgan fingerprint density at radius 1 is 1.21 bits per heavy atom. The van der Waals surface area contributed by atoms with Gasteiger partial charge in [-0.1, -0.05) is 18.2 Å². The summed E-state index contributed by atoms with van der Waals surface area (Å²) in [6.07, 6.45) is 1.96. The molecular weight excluding hydrogens is 384 g/mol. The standard InChI is InChI=1S/C21H28N6OS/c1-3-28-14-18-26-19-17(13-15(2)24-20(19)22)27(18)12-8-7-11-23-21(29)25-16-9-5-4-6-10-16/h4-6,9-10,13H,3,7-8,11-12,14H2,1-2H3,(H2,22,24)(H2,23,25,29). The number of nitrogens with zero attached hydrogens (tertiary/aromatic N) is 3. The molecule has 0 spiro atoms. The lowest BCUT2D eigenvalue weighted by atomic mass is 10.2. The summed E-state index contributed by atoms with van der Waals surface area (Å²) in [6.45, 7) is 6.67. The second-order valence-corrected chi connectivity index (χ2v) is 7.20. The molecule has 0 saturated carbocycles. The molecule has 0 saturated heterocycles. The number of aryl methyl sites for hydroxylation is 2. The van der Waals surface area contributed by atoms with E-state index >= 15 is 0 Å². The van der Waals surface area contributed by atoms with E-state index in [4.69, 9.17) is 22.7 Å². The molecule has 2 heterocycles. The largest absolute Gasteiger partial charge is 0.382 e. The normalized spacial score (nSPS) is 11.0. The number of hydrogen-bond acceptors (Lipinski definition) is 5. The fourth-order valence-electron chi connectivity index (χ4n) is 3.17. The van der Waals surface area contributed by atoms with Gasteiger partial charge in [-0.15, -0.1) is 0 Å². The van der Waals surface area contributed by atoms with Crippen LogP contribution in [0.5, 0.6) is 0 Å². The van der Waals surface area contributed by atoms with Crippen molar-refractivity contribution in [3.8, 4) is 0 Å². The lowest BCUT2D eigenvalue weighted by Crippen LogP contribution is -2.29. The smallest absolute Gasteiger partial charge is 0.170 e. The minimum atomic E-state index is 0.465. The summed E-state index contributed by atoms with van der Waals surface area (Å²) in [4.78, 5) is 9.00. The van der Waals surface area contributed by atoms with Gasteiger partial charge in [-0.05, 0) is 57.1 Å². The number of fused-ring (bicyclic) bond motifs is 1. The van der Waals surface area contributed by atoms with Gasteiger partial charge in [0.1, 0.15) is 17.9 Å². The van der Waals surface area contributed by atoms with Gasteiger partial charge in [0.05, 0.1) is 5.52 Å². The molecule has 8 heteroatoms. The van der Waals surface area contributed by atoms with Crippen LogP contribution in [0, 0.1) is 6.92 Å². The summed E-state index contributed by atoms with van der Waals surface area (Å²) in [7, 11) is 0. The first kappa shape index (κ1) is 21.0. The number of aromatic nitrogens is 3. The van der Waals surface area contributed by atoms with E-state index in [1.807, 2.05) is 50.2 Å². The molecule has 2 aromatic heterocycles. The zero-order valence-corrected chi connectivity index (χ0v) is 17.8. The number of unbranched alkanes of at least 4 members (excludes halogenated alkanes) is 1. The summed E-state index contributed by atoms with van der Waals surface area (Å²) < 4.78 is 7.78. The quantitative estimate of drug-likeness (QED) is 0.365. The van der Waals surface area contributed by atoms with Crippen LogP contribution in [0.2, 0.25) is 0 Å². The molecule has 0 amide bonds. The molecule has 7 nitrogen and oxygen atoms in total. The van der Waals surface area contributed by atoms with Crippen molar-refractivity contribution < 1.29 is 4.74 Å². The SMILES string of the molecule is CCOCc1nc2c(N)nc(C)cc2n1CCCCNC(=S)Nc1ccccc1. The van der Waals surface area contributed by atoms with E-state index in [9.17, 15) is 0 Å². The van der Waals surface area contributed by atoms with Gasteiger partial charge < -0.3 is 25.7 Å². The second kappa shape index (κ2) is 10.2. The molecule has 154 valence electrons. The van der Waals surface area contributed by atoms with Crippen LogP contribution >= 0.6 is 12.2 Å². The Bertz CT molecular complexity index is 957. The molecule has 29 heavy (non-hydrogen) atoms. The van der Waals surface area contributed by atoms with Gasteiger partial charge in [0.2, 0.25) is 0 Å². The first-order valence-electron chi connectivity index (χ1n) is 9.88. The number of thiocarbonyl (C=S) groups is 1. The molecule has 1 aromatic carbocycles. The first-order chi connectivity index (χ1) is 14.1. The van der Waals surface area contributed by atoms with Crippen molar-refractivity contribution in [2.75, 3.05) is 24.2 Å². The number of nitrogens with one attached hydrogen (secondary N) is 2. The number of hydrogen-bond donors (Lipinski definition) is 3. The van der Waals surface area contributed by atoms with Crippen molar-refractivity contribution in [3.05, 3.63) is 47.9 Å². The lowest BCUT2D eigenvalue weighted by molar-refractivity contribution is 0.126. The third-order valence-corrected chi connectivity index (χ3v) is 4.78. The third kappa shape index (κ3) is 5.65. The van der Waals surface area contributed by atoms with Crippen molar-refractivity contribution in [2.45, 2.75) is 39.8 Å². The summed E-state index contributed by atoms with van der Waals surface area (Å²) in [5.41, 5.74) is 9.71. The van der Waals surface area contributed by atoms with E-state index in [1.54, 1.807) is 0 Å². The highest BCUT2D eigenvalue weighted by Gasteiger charge is 2.14. The van der Waals surface area contributed by atoms with E-state index < -0.39 is 0 Å². The van der Waals surface area contributed by atoms with Crippen LogP contribution in [0.25, 0.3) is 11.0 Å². The van der Waals surface area contributed by atoms with Gasteiger partial charge in [0.15, 0.2) is 10.9 Å². The Morgan fingerprint density at radius 3 is 2.76 bits per heavy atom. The average molecular weight is 413 g/mol. The Hall–Kier alpha value is -2.71. The van der Waals surface area contributed by atoms with E-state index in [1.165, 1.54) is 0 Å². The summed E-state index contributed by atoms with van der Waals surface area (Å²) >= 11 is 5.35. The fraction of sp³-hybridized carbons (Fsp3) is 0.381. The first-order valence-corrected chi connectivity index (χ1v) is 10.3. The van der Waals surface area contributed by atoms with Gasteiger partial charge in [0.25, 0.3) is 0 Å². The molecule has 3 rings (SSSR count). The molecular formula is C21H28N6OS. The minimum absolute atomic E-state index is 0.465. The van der Waals surface area contributed by atoms with Gasteiger partial charge in [0, 0.05) is 31.1 Å². The lowest BCUT2D eigenvalue weighted by Gasteiger charge is -2.12. The number of rotatable bonds is 9. The van der Waals surface area contributed by atoms with Crippen LogP contribution in [0.1, 0.15) is 31.3 Å². The second-order valence-electron chi connectivity index (χ2n) is 6.79. The van der Waals surface area contributed by atoms with Crippen LogP contribution in [0.4, 0.5) is 11.5 Å². The number of pyridine rings is 1. The van der Waals surface area contributed by atoms with E-state index in [0.717, 1.165) is 54.2 Å². The molecule has 0 fully saturated rings. The fourth-order valence-corrected chi connectivity index (χ4v) is 3.39. The van der Waals surface area contributed by atoms with Crippen LogP contribution in [0.15, 0.2) is 36.4 Å². The van der Waals surface area contributed by atoms with Gasteiger partial charge in [-0.3, -0.25) is 0 Å². The Kier molecular flexibility index (Phi) is 7.37. The van der Waals surface area contributed by atoms with Crippen molar-refractivity contribution in [2.24, 2.45) is 0 Å². The van der Waals surface area contributed by atoms with Crippen LogP contribution in [-0.2, 0) is 17.9 Å². The highest BCUT2D eigenvalue weighted by molar-refractivity contribution is 7.80. The minimum Gasteiger partial charge on any atom is -0.382 e. The summed E-state index contributed by atoms with van der Waals surface area (Å²) in [6, 6.07) is 11.9. The number of nitrogens with two attached hydrogens (primary N) is 1. The van der Waals surface area contributed by atoms with Crippen molar-refractivity contribution in [3.63, 3.8) is 0 Å². The van der Waals surface area contributed by atoms with Crippen LogP contribution in [-0.4, -0.2) is 32.8 Å². The van der Waals surface area contributed by atoms with Crippen molar-refractivity contribution >= 4 is 39.9 Å². The predicted octanol–water partition coefficient (Wildman–Crippen LogP) is 3.63. The molecule has 0 bridgehead atoms. The Labute approximate surface area is 176 Å². The van der Waals surface area contributed by atoms with Gasteiger partial charge in [-0.25, -0.2) is 9.97 Å². The number of benzene rings is 1. The molecule has 0 atom stereocenters. The maximum atomic E-state index is 6.08. The monoisotopic (exact) mass is 412 g/mol. The van der Waals surface area contributed by atoms with Crippen LogP contribution < -0.4 is 16.4 Å². The molecule has 0 radical (unpaired) electrons. The Morgan fingerprint density at radius 2 is 2.00 bits per heavy atom. The highest BCUT2D eigenvalue weighted by Crippen LogP contribution is 2.22. The highest BCUT2D eigenvalue weighted by atomic mass is 32.1. The van der Waals surface area contributed by atoms with Gasteiger partial charge >= 0.3 is 0 Å². The molecule has 0 unspecified atom stereocenters. The summed E-state index contributed by atoms with van der Waals surface area (Å²) in [5, 5.41) is 7.07. The van der Waals surface area contributed by atoms with Crippen LogP contribution in [0.3, 0.4) is 0 Å². The number of ether oxygens (including phenoxy) is 1. The van der Waals surface area contributed by atoms with Gasteiger partial charge in [-0.2, -0.15) is 0 Å². The number of anilines is 2. The summed E-state index contributed by atoms with van der Waals surface area (Å²) in [5.74, 6) is 1.35. The van der Waals surface area contributed by atoms with Crippen molar-refractivity contribution in [1.29, 1.82) is 0 Å². The zero-order valence-electron chi connectivity index (χ0n) is 16.9. The number of para-hydroxylation sites is 1. The van der Waals surface area contributed by atoms with E-state index in [2.05, 4.69) is 25.2 Å². The van der Waals surface area contributed by atoms with E-state index in [-0.39, 0.29) is 0 Å². The number of imidazole rings is 1. The number of nitrogen functional groups attached to an aromatic ring is 1. The maximum absolute atomic E-state index is 6.08. The topological polar surface area (TPSA) is 90.0 Å². The molecule has 0 aliphatic rings. The molecule has 0 aliphatic carbocycles. The maximum Gasteiger partial charge on any atom is 0.170 e. The molecule has 3 aromatic rings. The zero-order chi connectivity index (χ0) is 20.6. The third-order valence-electron chi connectivity index (χ3n) is 4.53. The predicted molar refractivity (Wildman–Crippen MR) is 122 cm³/mol. The average Bonchev–Trinajstić information content (AvgIpc) is 3.04.